The van der Waals surface area contributed by atoms with Crippen molar-refractivity contribution < 1.29 is 27.2 Å². The third kappa shape index (κ3) is 4.64. The molecule has 10 nitrogen and oxygen atoms in total. The molecule has 1 aromatic carbocycles. The maximum atomic E-state index is 13.7. The van der Waals surface area contributed by atoms with Crippen LogP contribution in [-0.4, -0.2) is 71.4 Å². The summed E-state index contributed by atoms with van der Waals surface area (Å²) in [4.78, 5) is 45.1. The molecule has 1 N–H and O–H groups in total. The third-order valence-corrected chi connectivity index (χ3v) is 8.62. The number of rotatable bonds is 7. The molecule has 11 heteroatoms. The van der Waals surface area contributed by atoms with Crippen molar-refractivity contribution in [3.8, 4) is 0 Å². The van der Waals surface area contributed by atoms with Crippen molar-refractivity contribution in [1.29, 1.82) is 0 Å². The Labute approximate surface area is 214 Å². The highest BCUT2D eigenvalue weighted by Crippen LogP contribution is 2.34. The molecule has 3 unspecified atom stereocenters. The van der Waals surface area contributed by atoms with E-state index in [2.05, 4.69) is 10.3 Å². The third-order valence-electron chi connectivity index (χ3n) is 6.83. The number of carbonyl (C=O) groups is 3. The fraction of sp³-hybridized carbons (Fsp3) is 0.385. The van der Waals surface area contributed by atoms with Crippen LogP contribution >= 0.6 is 0 Å². The normalized spacial score (nSPS) is 20.9. The molecule has 3 atom stereocenters. The number of fused-ring (bicyclic) bond motifs is 2. The maximum Gasteiger partial charge on any atom is 0.287 e. The van der Waals surface area contributed by atoms with Gasteiger partial charge in [0, 0.05) is 18.1 Å². The average Bonchev–Trinajstić information content (AvgIpc) is 3.58. The van der Waals surface area contributed by atoms with Crippen LogP contribution in [0.1, 0.15) is 37.2 Å². The van der Waals surface area contributed by atoms with Gasteiger partial charge in [0.1, 0.15) is 17.7 Å². The lowest BCUT2D eigenvalue weighted by Gasteiger charge is -2.29. The molecular weight excluding hydrogens is 496 g/mol. The van der Waals surface area contributed by atoms with Crippen LogP contribution in [0.5, 0.6) is 0 Å². The SMILES string of the molecule is CC(C)CC(NC(=O)c1cc2ccccc2o1)C(=O)N1CCC2C1C(=O)CN2S(=O)(=O)c1ccccn1. The second-order valence-electron chi connectivity index (χ2n) is 9.82. The van der Waals surface area contributed by atoms with E-state index >= 15 is 0 Å². The molecule has 0 saturated carbocycles. The van der Waals surface area contributed by atoms with Crippen LogP contribution in [0.15, 0.2) is 64.2 Å². The van der Waals surface area contributed by atoms with E-state index in [9.17, 15) is 22.8 Å². The highest BCUT2D eigenvalue weighted by Gasteiger charge is 2.54. The fourth-order valence-electron chi connectivity index (χ4n) is 5.18. The summed E-state index contributed by atoms with van der Waals surface area (Å²) in [5, 5.41) is 3.42. The topological polar surface area (TPSA) is 130 Å². The Kier molecular flexibility index (Phi) is 6.59. The number of pyridine rings is 1. The van der Waals surface area contributed by atoms with Crippen LogP contribution < -0.4 is 5.32 Å². The van der Waals surface area contributed by atoms with Gasteiger partial charge in [0.2, 0.25) is 5.91 Å². The molecule has 2 amide bonds. The summed E-state index contributed by atoms with van der Waals surface area (Å²) in [5.74, 6) is -1.11. The number of sulfonamides is 1. The van der Waals surface area contributed by atoms with Crippen molar-refractivity contribution in [2.24, 2.45) is 5.92 Å². The first-order valence-electron chi connectivity index (χ1n) is 12.2. The Bertz CT molecular complexity index is 1420. The first kappa shape index (κ1) is 25.1. The van der Waals surface area contributed by atoms with Crippen molar-refractivity contribution in [3.63, 3.8) is 0 Å². The number of para-hydroxylation sites is 1. The Morgan fingerprint density at radius 3 is 2.62 bits per heavy atom. The summed E-state index contributed by atoms with van der Waals surface area (Å²) in [6.45, 7) is 3.76. The summed E-state index contributed by atoms with van der Waals surface area (Å²) in [6, 6.07) is 10.9. The monoisotopic (exact) mass is 524 g/mol. The number of hydrogen-bond acceptors (Lipinski definition) is 7. The van der Waals surface area contributed by atoms with E-state index in [1.54, 1.807) is 30.3 Å². The number of nitrogens with one attached hydrogen (secondary N) is 1. The minimum Gasteiger partial charge on any atom is -0.451 e. The lowest BCUT2D eigenvalue weighted by molar-refractivity contribution is -0.138. The van der Waals surface area contributed by atoms with Gasteiger partial charge in [-0.25, -0.2) is 13.4 Å². The van der Waals surface area contributed by atoms with Gasteiger partial charge in [-0.1, -0.05) is 38.1 Å². The highest BCUT2D eigenvalue weighted by atomic mass is 32.2. The van der Waals surface area contributed by atoms with E-state index in [4.69, 9.17) is 4.42 Å². The van der Waals surface area contributed by atoms with E-state index in [1.165, 1.54) is 17.2 Å². The van der Waals surface area contributed by atoms with E-state index in [-0.39, 0.29) is 35.6 Å². The molecular formula is C26H28N4O6S. The number of carbonyl (C=O) groups excluding carboxylic acids is 3. The average molecular weight is 525 g/mol. The van der Waals surface area contributed by atoms with Gasteiger partial charge < -0.3 is 14.6 Å². The molecule has 2 fully saturated rings. The molecule has 2 aliphatic heterocycles. The number of benzene rings is 1. The van der Waals surface area contributed by atoms with Crippen LogP contribution in [0.2, 0.25) is 0 Å². The van der Waals surface area contributed by atoms with Gasteiger partial charge in [-0.2, -0.15) is 4.31 Å². The van der Waals surface area contributed by atoms with Gasteiger partial charge in [-0.05, 0) is 43.0 Å². The predicted molar refractivity (Wildman–Crippen MR) is 134 cm³/mol. The quantitative estimate of drug-likeness (QED) is 0.502. The lowest BCUT2D eigenvalue weighted by atomic mass is 10.0. The number of Topliss-reactive ketones (excluding diaryl/α,β-unsaturated/α-hetero) is 1. The van der Waals surface area contributed by atoms with Crippen molar-refractivity contribution in [2.75, 3.05) is 13.1 Å². The molecule has 4 heterocycles. The van der Waals surface area contributed by atoms with E-state index in [0.717, 1.165) is 9.69 Å². The van der Waals surface area contributed by atoms with Gasteiger partial charge in [0.25, 0.3) is 15.9 Å². The lowest BCUT2D eigenvalue weighted by Crippen LogP contribution is -2.53. The molecule has 0 radical (unpaired) electrons. The van der Waals surface area contributed by atoms with Crippen molar-refractivity contribution in [1.82, 2.24) is 19.5 Å². The first-order valence-corrected chi connectivity index (χ1v) is 13.7. The minimum absolute atomic E-state index is 0.0728. The Morgan fingerprint density at radius 2 is 1.92 bits per heavy atom. The fourth-order valence-corrected chi connectivity index (χ4v) is 6.74. The van der Waals surface area contributed by atoms with Crippen molar-refractivity contribution >= 4 is 38.6 Å². The molecule has 0 bridgehead atoms. The number of hydrogen-bond donors (Lipinski definition) is 1. The Balaban J connectivity index is 1.36. The van der Waals surface area contributed by atoms with E-state index in [0.29, 0.717) is 18.4 Å². The smallest absolute Gasteiger partial charge is 0.287 e. The molecule has 2 aliphatic rings. The van der Waals surface area contributed by atoms with Gasteiger partial charge in [0.05, 0.1) is 12.6 Å². The largest absolute Gasteiger partial charge is 0.451 e. The number of likely N-dealkylation sites (tertiary alicyclic amines) is 1. The van der Waals surface area contributed by atoms with Gasteiger partial charge in [-0.15, -0.1) is 0 Å². The van der Waals surface area contributed by atoms with Crippen LogP contribution in [0.3, 0.4) is 0 Å². The molecule has 194 valence electrons. The Morgan fingerprint density at radius 1 is 1.16 bits per heavy atom. The standard InChI is InChI=1S/C26H28N4O6S/c1-16(2)13-18(28-25(32)22-14-17-7-3-4-8-21(17)36-22)26(33)29-12-10-19-24(29)20(31)15-30(19)37(34,35)23-9-5-6-11-27-23/h3-9,11,14,16,18-19,24H,10,12-13,15H2,1-2H3,(H,28,32). The number of furan rings is 1. The van der Waals surface area contributed by atoms with Crippen molar-refractivity contribution in [3.05, 3.63) is 60.5 Å². The number of ketones is 1. The van der Waals surface area contributed by atoms with Crippen LogP contribution in [-0.2, 0) is 19.6 Å². The van der Waals surface area contributed by atoms with Gasteiger partial charge in [0.15, 0.2) is 16.6 Å². The van der Waals surface area contributed by atoms with Crippen LogP contribution in [0.25, 0.3) is 11.0 Å². The van der Waals surface area contributed by atoms with E-state index in [1.807, 2.05) is 26.0 Å². The number of nitrogens with zero attached hydrogens (tertiary/aromatic N) is 3. The highest BCUT2D eigenvalue weighted by molar-refractivity contribution is 7.89. The summed E-state index contributed by atoms with van der Waals surface area (Å²) in [7, 11) is -4.00. The zero-order valence-electron chi connectivity index (χ0n) is 20.5. The minimum atomic E-state index is -4.00. The second kappa shape index (κ2) is 9.71. The number of aromatic nitrogens is 1. The summed E-state index contributed by atoms with van der Waals surface area (Å²) in [5.41, 5.74) is 0.563. The van der Waals surface area contributed by atoms with Crippen LogP contribution in [0, 0.1) is 5.92 Å². The van der Waals surface area contributed by atoms with Crippen molar-refractivity contribution in [2.45, 2.75) is 49.8 Å². The molecule has 2 aromatic heterocycles. The molecule has 3 aromatic rings. The maximum absolute atomic E-state index is 13.7. The van der Waals surface area contributed by atoms with Crippen LogP contribution in [0.4, 0.5) is 0 Å². The molecule has 2 saturated heterocycles. The zero-order chi connectivity index (χ0) is 26.3. The second-order valence-corrected chi connectivity index (χ2v) is 11.7. The molecule has 5 rings (SSSR count). The molecule has 0 spiro atoms. The van der Waals surface area contributed by atoms with Gasteiger partial charge >= 0.3 is 0 Å². The predicted octanol–water partition coefficient (Wildman–Crippen LogP) is 2.22. The Hall–Kier alpha value is -3.57. The van der Waals surface area contributed by atoms with E-state index < -0.39 is 40.0 Å². The summed E-state index contributed by atoms with van der Waals surface area (Å²) < 4.78 is 33.2. The molecule has 37 heavy (non-hydrogen) atoms. The number of amides is 2. The summed E-state index contributed by atoms with van der Waals surface area (Å²) in [6.07, 6.45) is 2.05. The summed E-state index contributed by atoms with van der Waals surface area (Å²) >= 11 is 0. The zero-order valence-corrected chi connectivity index (χ0v) is 21.3. The first-order chi connectivity index (χ1) is 17.7. The van der Waals surface area contributed by atoms with Gasteiger partial charge in [-0.3, -0.25) is 14.4 Å². The molecule has 0 aliphatic carbocycles.